The highest BCUT2D eigenvalue weighted by Gasteiger charge is 2.30. The summed E-state index contributed by atoms with van der Waals surface area (Å²) in [6.07, 6.45) is 8.55. The number of rotatable bonds is 5. The maximum Gasteiger partial charge on any atom is 0.318 e. The molecule has 2 aliphatic heterocycles. The molecule has 2 aromatic heterocycles. The van der Waals surface area contributed by atoms with Gasteiger partial charge in [0.25, 0.3) is 0 Å². The van der Waals surface area contributed by atoms with Crippen molar-refractivity contribution in [2.75, 3.05) is 24.6 Å². The van der Waals surface area contributed by atoms with Gasteiger partial charge in [-0.15, -0.1) is 5.10 Å². The van der Waals surface area contributed by atoms with E-state index in [9.17, 15) is 0 Å². The van der Waals surface area contributed by atoms with Crippen molar-refractivity contribution >= 4 is 6.01 Å². The topological polar surface area (TPSA) is 81.2 Å². The van der Waals surface area contributed by atoms with Crippen LogP contribution in [0.3, 0.4) is 0 Å². The number of anilines is 1. The van der Waals surface area contributed by atoms with Crippen molar-refractivity contribution in [1.82, 2.24) is 25.3 Å². The van der Waals surface area contributed by atoms with Gasteiger partial charge in [-0.2, -0.15) is 5.10 Å². The molecule has 2 fully saturated rings. The van der Waals surface area contributed by atoms with Crippen LogP contribution in [-0.2, 0) is 18.3 Å². The highest BCUT2D eigenvalue weighted by molar-refractivity contribution is 5.24. The fraction of sp³-hybridized carbons (Fsp3) is 0.688. The first-order chi connectivity index (χ1) is 11.8. The van der Waals surface area contributed by atoms with Crippen LogP contribution < -0.4 is 10.2 Å². The Morgan fingerprint density at radius 1 is 1.25 bits per heavy atom. The fourth-order valence-electron chi connectivity index (χ4n) is 3.46. The zero-order valence-electron chi connectivity index (χ0n) is 14.0. The third-order valence-corrected chi connectivity index (χ3v) is 4.74. The van der Waals surface area contributed by atoms with Crippen LogP contribution in [0.4, 0.5) is 6.01 Å². The van der Waals surface area contributed by atoms with E-state index in [0.29, 0.717) is 18.5 Å². The molecule has 0 amide bonds. The summed E-state index contributed by atoms with van der Waals surface area (Å²) in [5, 5.41) is 16.1. The molecule has 0 spiro atoms. The van der Waals surface area contributed by atoms with Gasteiger partial charge in [-0.1, -0.05) is 5.10 Å². The van der Waals surface area contributed by atoms with Gasteiger partial charge in [0.15, 0.2) is 0 Å². The van der Waals surface area contributed by atoms with Gasteiger partial charge in [-0.25, -0.2) is 0 Å². The third kappa shape index (κ3) is 3.29. The van der Waals surface area contributed by atoms with Crippen molar-refractivity contribution < 1.29 is 9.15 Å². The Morgan fingerprint density at radius 3 is 2.92 bits per heavy atom. The van der Waals surface area contributed by atoms with Gasteiger partial charge in [-0.05, 0) is 25.7 Å². The van der Waals surface area contributed by atoms with E-state index < -0.39 is 0 Å². The van der Waals surface area contributed by atoms with E-state index in [1.165, 1.54) is 19.3 Å². The van der Waals surface area contributed by atoms with Crippen LogP contribution in [0.25, 0.3) is 0 Å². The van der Waals surface area contributed by atoms with Gasteiger partial charge in [0, 0.05) is 44.5 Å². The second-order valence-corrected chi connectivity index (χ2v) is 6.54. The lowest BCUT2D eigenvalue weighted by atomic mass is 10.1. The Morgan fingerprint density at radius 2 is 2.12 bits per heavy atom. The molecule has 2 aliphatic rings. The van der Waals surface area contributed by atoms with E-state index in [1.54, 1.807) is 4.68 Å². The quantitative estimate of drug-likeness (QED) is 0.886. The minimum Gasteiger partial charge on any atom is -0.407 e. The molecule has 0 radical (unpaired) electrons. The minimum atomic E-state index is 0.0307. The maximum atomic E-state index is 5.86. The lowest BCUT2D eigenvalue weighted by molar-refractivity contribution is 0.0979. The Balaban J connectivity index is 1.35. The summed E-state index contributed by atoms with van der Waals surface area (Å²) in [4.78, 5) is 2.18. The van der Waals surface area contributed by atoms with Gasteiger partial charge in [-0.3, -0.25) is 4.68 Å². The van der Waals surface area contributed by atoms with E-state index in [-0.39, 0.29) is 12.1 Å². The Bertz CT molecular complexity index is 663. The summed E-state index contributed by atoms with van der Waals surface area (Å²) in [5.41, 5.74) is 1.10. The average molecular weight is 332 g/mol. The first-order valence-corrected chi connectivity index (χ1v) is 8.70. The van der Waals surface area contributed by atoms with Crippen molar-refractivity contribution in [3.05, 3.63) is 23.8 Å². The molecule has 2 saturated heterocycles. The number of hydrogen-bond acceptors (Lipinski definition) is 7. The molecule has 4 heterocycles. The van der Waals surface area contributed by atoms with Gasteiger partial charge in [0.05, 0.1) is 12.7 Å². The van der Waals surface area contributed by atoms with E-state index in [1.807, 2.05) is 19.4 Å². The second kappa shape index (κ2) is 6.90. The van der Waals surface area contributed by atoms with Gasteiger partial charge in [0.1, 0.15) is 6.10 Å². The number of nitrogens with one attached hydrogen (secondary N) is 1. The van der Waals surface area contributed by atoms with Crippen LogP contribution in [0.2, 0.25) is 0 Å². The second-order valence-electron chi connectivity index (χ2n) is 6.54. The van der Waals surface area contributed by atoms with Gasteiger partial charge < -0.3 is 19.4 Å². The molecule has 0 aliphatic carbocycles. The standard InChI is InChI=1S/C16H24N6O2/c1-21-11-12(9-18-21)15-13(5-8-23-15)17-10-14-19-20-16(24-14)22-6-3-2-4-7-22/h9,11,13,15,17H,2-8,10H2,1H3/t13-,15+/m1/s1. The fourth-order valence-corrected chi connectivity index (χ4v) is 3.46. The smallest absolute Gasteiger partial charge is 0.318 e. The molecule has 8 heteroatoms. The predicted octanol–water partition coefficient (Wildman–Crippen LogP) is 1.41. The molecular formula is C16H24N6O2. The van der Waals surface area contributed by atoms with Crippen LogP contribution in [0.15, 0.2) is 16.8 Å². The number of piperidine rings is 1. The van der Waals surface area contributed by atoms with Crippen molar-refractivity contribution in [3.8, 4) is 0 Å². The zero-order valence-corrected chi connectivity index (χ0v) is 14.0. The Hall–Kier alpha value is -1.93. The summed E-state index contributed by atoms with van der Waals surface area (Å²) in [6, 6.07) is 0.887. The van der Waals surface area contributed by atoms with Crippen LogP contribution in [0, 0.1) is 0 Å². The lowest BCUT2D eigenvalue weighted by Gasteiger charge is -2.24. The monoisotopic (exact) mass is 332 g/mol. The molecular weight excluding hydrogens is 308 g/mol. The van der Waals surface area contributed by atoms with Crippen LogP contribution >= 0.6 is 0 Å². The van der Waals surface area contributed by atoms with Gasteiger partial charge in [0.2, 0.25) is 5.89 Å². The van der Waals surface area contributed by atoms with Gasteiger partial charge >= 0.3 is 6.01 Å². The number of nitrogens with zero attached hydrogens (tertiary/aromatic N) is 5. The summed E-state index contributed by atoms with van der Waals surface area (Å²) >= 11 is 0. The predicted molar refractivity (Wildman–Crippen MR) is 87.5 cm³/mol. The van der Waals surface area contributed by atoms with Crippen LogP contribution in [0.1, 0.15) is 43.2 Å². The molecule has 8 nitrogen and oxygen atoms in total. The summed E-state index contributed by atoms with van der Waals surface area (Å²) in [6.45, 7) is 3.33. The van der Waals surface area contributed by atoms with E-state index in [2.05, 4.69) is 25.5 Å². The normalized spacial score (nSPS) is 24.6. The maximum absolute atomic E-state index is 5.86. The van der Waals surface area contributed by atoms with Crippen molar-refractivity contribution in [2.45, 2.75) is 44.4 Å². The average Bonchev–Trinajstić information content (AvgIpc) is 3.34. The molecule has 0 unspecified atom stereocenters. The van der Waals surface area contributed by atoms with E-state index >= 15 is 0 Å². The Labute approximate surface area is 141 Å². The first kappa shape index (κ1) is 15.6. The highest BCUT2D eigenvalue weighted by Crippen LogP contribution is 2.29. The third-order valence-electron chi connectivity index (χ3n) is 4.74. The van der Waals surface area contributed by atoms with E-state index in [0.717, 1.165) is 31.7 Å². The summed E-state index contributed by atoms with van der Waals surface area (Å²) in [7, 11) is 1.92. The van der Waals surface area contributed by atoms with Crippen molar-refractivity contribution in [1.29, 1.82) is 0 Å². The summed E-state index contributed by atoms with van der Waals surface area (Å²) < 4.78 is 13.5. The molecule has 24 heavy (non-hydrogen) atoms. The molecule has 0 bridgehead atoms. The minimum absolute atomic E-state index is 0.0307. The molecule has 0 saturated carbocycles. The molecule has 2 aromatic rings. The van der Waals surface area contributed by atoms with E-state index in [4.69, 9.17) is 9.15 Å². The van der Waals surface area contributed by atoms with Crippen LogP contribution in [-0.4, -0.2) is 45.7 Å². The molecule has 130 valence electrons. The zero-order chi connectivity index (χ0) is 16.4. The molecule has 0 aromatic carbocycles. The largest absolute Gasteiger partial charge is 0.407 e. The number of ether oxygens (including phenoxy) is 1. The van der Waals surface area contributed by atoms with Crippen molar-refractivity contribution in [3.63, 3.8) is 0 Å². The van der Waals surface area contributed by atoms with Crippen molar-refractivity contribution in [2.24, 2.45) is 7.05 Å². The highest BCUT2D eigenvalue weighted by atomic mass is 16.5. The first-order valence-electron chi connectivity index (χ1n) is 8.70. The lowest BCUT2D eigenvalue weighted by Crippen LogP contribution is -2.31. The molecule has 1 N–H and O–H groups in total. The molecule has 4 rings (SSSR count). The number of aryl methyl sites for hydroxylation is 1. The SMILES string of the molecule is Cn1cc([C@@H]2OCC[C@H]2NCc2nnc(N3CCCCC3)o2)cn1. The molecule has 2 atom stereocenters. The summed E-state index contributed by atoms with van der Waals surface area (Å²) in [5.74, 6) is 0.632. The number of aromatic nitrogens is 4. The Kier molecular flexibility index (Phi) is 4.48. The number of hydrogen-bond donors (Lipinski definition) is 1. The van der Waals surface area contributed by atoms with Crippen LogP contribution in [0.5, 0.6) is 0 Å².